The summed E-state index contributed by atoms with van der Waals surface area (Å²) in [6.07, 6.45) is 3.06. The molecule has 5 heteroatoms. The molecule has 0 amide bonds. The molecular weight excluding hydrogens is 296 g/mol. The number of nitrogens with two attached hydrogens (primary N) is 1. The van der Waals surface area contributed by atoms with E-state index in [9.17, 15) is 4.79 Å². The lowest BCUT2D eigenvalue weighted by molar-refractivity contribution is 0.103. The first-order chi connectivity index (χ1) is 8.61. The third-order valence-corrected chi connectivity index (χ3v) is 3.16. The van der Waals surface area contributed by atoms with Crippen molar-refractivity contribution in [3.63, 3.8) is 0 Å². The number of carbonyl (C=O) groups excluding carboxylic acids is 1. The molecule has 92 valence electrons. The van der Waals surface area contributed by atoms with E-state index < -0.39 is 0 Å². The van der Waals surface area contributed by atoms with E-state index in [1.807, 2.05) is 0 Å². The summed E-state index contributed by atoms with van der Waals surface area (Å²) in [5.74, 6) is 0.428. The number of aromatic nitrogens is 1. The van der Waals surface area contributed by atoms with Crippen molar-refractivity contribution >= 4 is 27.4 Å². The van der Waals surface area contributed by atoms with E-state index in [1.54, 1.807) is 30.5 Å². The van der Waals surface area contributed by atoms with Crippen LogP contribution in [0, 0.1) is 0 Å². The van der Waals surface area contributed by atoms with Crippen LogP contribution in [0.3, 0.4) is 0 Å². The molecule has 0 spiro atoms. The van der Waals surface area contributed by atoms with Crippen molar-refractivity contribution in [2.24, 2.45) is 0 Å². The number of ether oxygens (including phenoxy) is 1. The highest BCUT2D eigenvalue weighted by Crippen LogP contribution is 2.22. The highest BCUT2D eigenvalue weighted by molar-refractivity contribution is 9.10. The maximum atomic E-state index is 12.2. The monoisotopic (exact) mass is 306 g/mol. The van der Waals surface area contributed by atoms with Crippen LogP contribution in [-0.2, 0) is 0 Å². The van der Waals surface area contributed by atoms with E-state index >= 15 is 0 Å². The molecule has 0 fully saturated rings. The minimum Gasteiger partial charge on any atom is -0.495 e. The Morgan fingerprint density at radius 3 is 2.72 bits per heavy atom. The van der Waals surface area contributed by atoms with Crippen LogP contribution >= 0.6 is 15.9 Å². The molecule has 0 saturated heterocycles. The maximum Gasteiger partial charge on any atom is 0.194 e. The molecular formula is C13H11BrN2O2. The number of carbonyl (C=O) groups is 1. The molecule has 2 rings (SSSR count). The second-order valence-corrected chi connectivity index (χ2v) is 4.53. The molecule has 4 nitrogen and oxygen atoms in total. The summed E-state index contributed by atoms with van der Waals surface area (Å²) in [5.41, 5.74) is 7.30. The van der Waals surface area contributed by atoms with E-state index in [0.717, 1.165) is 0 Å². The van der Waals surface area contributed by atoms with E-state index in [4.69, 9.17) is 10.5 Å². The van der Waals surface area contributed by atoms with Gasteiger partial charge in [0.15, 0.2) is 5.78 Å². The Balaban J connectivity index is 2.38. The fourth-order valence-electron chi connectivity index (χ4n) is 1.49. The molecule has 1 aromatic heterocycles. The van der Waals surface area contributed by atoms with Crippen LogP contribution in [-0.4, -0.2) is 17.9 Å². The SMILES string of the molecule is COc1cncc(C(=O)c2ccc(N)c(Br)c2)c1. The van der Waals surface area contributed by atoms with Gasteiger partial charge in [0, 0.05) is 27.5 Å². The molecule has 0 aliphatic carbocycles. The minimum atomic E-state index is -0.123. The van der Waals surface area contributed by atoms with Crippen molar-refractivity contribution in [1.82, 2.24) is 4.98 Å². The highest BCUT2D eigenvalue weighted by atomic mass is 79.9. The summed E-state index contributed by atoms with van der Waals surface area (Å²) < 4.78 is 5.74. The Morgan fingerprint density at radius 1 is 1.28 bits per heavy atom. The summed E-state index contributed by atoms with van der Waals surface area (Å²) in [4.78, 5) is 16.2. The number of methoxy groups -OCH3 is 1. The fourth-order valence-corrected chi connectivity index (χ4v) is 1.87. The zero-order chi connectivity index (χ0) is 13.1. The van der Waals surface area contributed by atoms with Gasteiger partial charge in [-0.3, -0.25) is 9.78 Å². The van der Waals surface area contributed by atoms with E-state index in [-0.39, 0.29) is 5.78 Å². The quantitative estimate of drug-likeness (QED) is 0.699. The van der Waals surface area contributed by atoms with Gasteiger partial charge in [-0.2, -0.15) is 0 Å². The van der Waals surface area contributed by atoms with Crippen molar-refractivity contribution in [1.29, 1.82) is 0 Å². The van der Waals surface area contributed by atoms with Gasteiger partial charge < -0.3 is 10.5 Å². The largest absolute Gasteiger partial charge is 0.495 e. The fraction of sp³-hybridized carbons (Fsp3) is 0.0769. The maximum absolute atomic E-state index is 12.2. The van der Waals surface area contributed by atoms with Gasteiger partial charge in [-0.25, -0.2) is 0 Å². The summed E-state index contributed by atoms with van der Waals surface area (Å²) in [6, 6.07) is 6.71. The molecule has 0 bridgehead atoms. The van der Waals surface area contributed by atoms with Crippen molar-refractivity contribution in [3.8, 4) is 5.75 Å². The number of halogens is 1. The normalized spacial score (nSPS) is 10.1. The second kappa shape index (κ2) is 5.18. The molecule has 1 heterocycles. The zero-order valence-electron chi connectivity index (χ0n) is 9.68. The lowest BCUT2D eigenvalue weighted by Gasteiger charge is -2.05. The Morgan fingerprint density at radius 2 is 2.06 bits per heavy atom. The van der Waals surface area contributed by atoms with Gasteiger partial charge in [-0.05, 0) is 40.2 Å². The highest BCUT2D eigenvalue weighted by Gasteiger charge is 2.11. The standard InChI is InChI=1S/C13H11BrN2O2/c1-18-10-4-9(6-16-7-10)13(17)8-2-3-12(15)11(14)5-8/h2-7H,15H2,1H3. The van der Waals surface area contributed by atoms with Gasteiger partial charge in [-0.1, -0.05) is 0 Å². The van der Waals surface area contributed by atoms with Gasteiger partial charge in [0.25, 0.3) is 0 Å². The van der Waals surface area contributed by atoms with E-state index in [0.29, 0.717) is 27.0 Å². The van der Waals surface area contributed by atoms with Crippen LogP contribution in [0.5, 0.6) is 5.75 Å². The zero-order valence-corrected chi connectivity index (χ0v) is 11.3. The lowest BCUT2D eigenvalue weighted by Crippen LogP contribution is -2.03. The van der Waals surface area contributed by atoms with Gasteiger partial charge in [-0.15, -0.1) is 0 Å². The number of pyridine rings is 1. The average molecular weight is 307 g/mol. The molecule has 0 atom stereocenters. The van der Waals surface area contributed by atoms with E-state index in [1.165, 1.54) is 13.3 Å². The van der Waals surface area contributed by atoms with E-state index in [2.05, 4.69) is 20.9 Å². The number of hydrogen-bond acceptors (Lipinski definition) is 4. The first-order valence-corrected chi connectivity index (χ1v) is 6.00. The molecule has 0 aliphatic rings. The van der Waals surface area contributed by atoms with Crippen molar-refractivity contribution in [2.75, 3.05) is 12.8 Å². The second-order valence-electron chi connectivity index (χ2n) is 3.68. The van der Waals surface area contributed by atoms with Gasteiger partial charge in [0.2, 0.25) is 0 Å². The molecule has 0 unspecified atom stereocenters. The average Bonchev–Trinajstić information content (AvgIpc) is 2.41. The molecule has 1 aromatic carbocycles. The number of nitrogen functional groups attached to an aromatic ring is 1. The summed E-state index contributed by atoms with van der Waals surface area (Å²) >= 11 is 3.30. The molecule has 18 heavy (non-hydrogen) atoms. The molecule has 0 saturated carbocycles. The Labute approximate surface area is 113 Å². The predicted molar refractivity (Wildman–Crippen MR) is 72.8 cm³/mol. The van der Waals surface area contributed by atoms with Crippen LogP contribution in [0.4, 0.5) is 5.69 Å². The minimum absolute atomic E-state index is 0.123. The third-order valence-electron chi connectivity index (χ3n) is 2.47. The molecule has 2 aromatic rings. The van der Waals surface area contributed by atoms with Crippen molar-refractivity contribution in [3.05, 3.63) is 52.3 Å². The van der Waals surface area contributed by atoms with Crippen LogP contribution in [0.1, 0.15) is 15.9 Å². The Hall–Kier alpha value is -1.88. The predicted octanol–water partition coefficient (Wildman–Crippen LogP) is 2.67. The Kier molecular flexibility index (Phi) is 3.62. The first kappa shape index (κ1) is 12.6. The summed E-state index contributed by atoms with van der Waals surface area (Å²) in [6.45, 7) is 0. The molecule has 0 aliphatic heterocycles. The van der Waals surface area contributed by atoms with Crippen LogP contribution in [0.15, 0.2) is 41.1 Å². The number of hydrogen-bond donors (Lipinski definition) is 1. The van der Waals surface area contributed by atoms with Crippen LogP contribution in [0.2, 0.25) is 0 Å². The first-order valence-electron chi connectivity index (χ1n) is 5.20. The summed E-state index contributed by atoms with van der Waals surface area (Å²) in [7, 11) is 1.53. The van der Waals surface area contributed by atoms with Gasteiger partial charge >= 0.3 is 0 Å². The smallest absolute Gasteiger partial charge is 0.194 e. The Bertz CT molecular complexity index is 599. The van der Waals surface area contributed by atoms with Gasteiger partial charge in [0.05, 0.1) is 13.3 Å². The number of benzene rings is 1. The molecule has 0 radical (unpaired) electrons. The number of ketones is 1. The van der Waals surface area contributed by atoms with Crippen molar-refractivity contribution < 1.29 is 9.53 Å². The third kappa shape index (κ3) is 2.51. The van der Waals surface area contributed by atoms with Crippen LogP contribution in [0.25, 0.3) is 0 Å². The lowest BCUT2D eigenvalue weighted by atomic mass is 10.0. The number of anilines is 1. The van der Waals surface area contributed by atoms with Gasteiger partial charge in [0.1, 0.15) is 5.75 Å². The van der Waals surface area contributed by atoms with Crippen LogP contribution < -0.4 is 10.5 Å². The van der Waals surface area contributed by atoms with Crippen molar-refractivity contribution in [2.45, 2.75) is 0 Å². The summed E-state index contributed by atoms with van der Waals surface area (Å²) in [5, 5.41) is 0. The topological polar surface area (TPSA) is 65.2 Å². The number of rotatable bonds is 3. The number of nitrogens with zero attached hydrogens (tertiary/aromatic N) is 1. The molecule has 2 N–H and O–H groups in total.